The highest BCUT2D eigenvalue weighted by atomic mass is 35.5. The van der Waals surface area contributed by atoms with Crippen LogP contribution in [0.25, 0.3) is 11.0 Å². The number of amides is 5. The molecule has 4 N–H and O–H groups in total. The predicted molar refractivity (Wildman–Crippen MR) is 250 cm³/mol. The van der Waals surface area contributed by atoms with Crippen LogP contribution in [0.1, 0.15) is 106 Å². The number of likely N-dealkylation sites (tertiary alicyclic amines) is 2. The number of aryl methyl sites for hydroxylation is 1. The average molecular weight is 954 g/mol. The summed E-state index contributed by atoms with van der Waals surface area (Å²) in [5.41, 5.74) is 1.57. The molecule has 6 atom stereocenters. The van der Waals surface area contributed by atoms with Crippen molar-refractivity contribution >= 4 is 69.5 Å². The normalized spacial score (nSPS) is 30.1. The van der Waals surface area contributed by atoms with Crippen molar-refractivity contribution in [1.82, 2.24) is 34.9 Å². The zero-order valence-corrected chi connectivity index (χ0v) is 38.9. The number of carbonyl (C=O) groups is 5. The molecule has 6 fully saturated rings. The Balaban J connectivity index is 0.737. The number of rotatable bonds is 8. The number of nitrogens with zero attached hydrogens (tertiary/aromatic N) is 4. The van der Waals surface area contributed by atoms with Gasteiger partial charge in [-0.05, 0) is 105 Å². The van der Waals surface area contributed by atoms with Crippen LogP contribution in [0.3, 0.4) is 0 Å². The van der Waals surface area contributed by atoms with E-state index in [0.29, 0.717) is 66.9 Å². The molecule has 2 spiro atoms. The lowest BCUT2D eigenvalue weighted by Gasteiger charge is -2.47. The van der Waals surface area contributed by atoms with Crippen molar-refractivity contribution < 1.29 is 28.4 Å². The molecule has 4 aromatic rings. The van der Waals surface area contributed by atoms with Crippen molar-refractivity contribution in [3.63, 3.8) is 0 Å². The minimum Gasteiger partial charge on any atom is -0.352 e. The number of hydrogen-bond acceptors (Lipinski definition) is 8. The van der Waals surface area contributed by atoms with E-state index in [4.69, 9.17) is 23.2 Å². The molecule has 3 aromatic carbocycles. The van der Waals surface area contributed by atoms with Gasteiger partial charge in [0.15, 0.2) is 0 Å². The number of carbonyl (C=O) groups excluding carboxylic acids is 5. The second-order valence-corrected chi connectivity index (χ2v) is 21.0. The Morgan fingerprint density at radius 1 is 0.881 bits per heavy atom. The molecule has 17 heteroatoms. The molecule has 2 bridgehead atoms. The van der Waals surface area contributed by atoms with E-state index < -0.39 is 40.7 Å². The van der Waals surface area contributed by atoms with Crippen LogP contribution in [0.4, 0.5) is 10.1 Å². The summed E-state index contributed by atoms with van der Waals surface area (Å²) in [6, 6.07) is 14.6. The zero-order chi connectivity index (χ0) is 46.5. The number of anilines is 1. The maximum atomic E-state index is 16.4. The van der Waals surface area contributed by atoms with Crippen molar-refractivity contribution in [1.29, 1.82) is 0 Å². The molecular weight excluding hydrogens is 899 g/mol. The van der Waals surface area contributed by atoms with Gasteiger partial charge in [0.1, 0.15) is 17.3 Å². The Kier molecular flexibility index (Phi) is 11.2. The summed E-state index contributed by atoms with van der Waals surface area (Å²) in [4.78, 5) is 85.8. The van der Waals surface area contributed by atoms with Gasteiger partial charge >= 0.3 is 5.69 Å². The predicted octanol–water partition coefficient (Wildman–Crippen LogP) is 5.61. The number of hydrogen-bond donors (Lipinski definition) is 4. The Labute approximate surface area is 397 Å². The van der Waals surface area contributed by atoms with Gasteiger partial charge in [-0.25, -0.2) is 9.18 Å². The van der Waals surface area contributed by atoms with Crippen LogP contribution in [0, 0.1) is 11.7 Å². The molecule has 352 valence electrons. The Bertz CT molecular complexity index is 2800. The van der Waals surface area contributed by atoms with Crippen LogP contribution in [-0.2, 0) is 42.9 Å². The van der Waals surface area contributed by atoms with Gasteiger partial charge in [0.25, 0.3) is 0 Å². The number of nitrogens with one attached hydrogen (secondary N) is 4. The topological polar surface area (TPSA) is 167 Å². The first-order valence-corrected chi connectivity index (χ1v) is 24.7. The van der Waals surface area contributed by atoms with E-state index in [1.807, 2.05) is 24.3 Å². The number of piperidine rings is 1. The molecule has 2 saturated carbocycles. The molecule has 2 aliphatic carbocycles. The fourth-order valence-corrected chi connectivity index (χ4v) is 13.9. The molecule has 4 saturated heterocycles. The SMILES string of the molecule is Cn1c(=O)n(C2CCC(=O)NC2=O)c2ccc(CCN3C[C@@H]4C[C@H]3CN4C(=O)C3CCC(NC(=O)[C@@H]4NC5(CCCCC5)[C@@]5(C(=O)Nc6cc(Cl)ccc65)[C@H]4c4cccc(Cl)c4F)CC3)cc21. The zero-order valence-electron chi connectivity index (χ0n) is 37.4. The van der Waals surface area contributed by atoms with Crippen LogP contribution < -0.4 is 27.0 Å². The highest BCUT2D eigenvalue weighted by Crippen LogP contribution is 2.63. The maximum Gasteiger partial charge on any atom is 0.329 e. The summed E-state index contributed by atoms with van der Waals surface area (Å²) in [6.07, 6.45) is 8.70. The van der Waals surface area contributed by atoms with Crippen molar-refractivity contribution in [3.05, 3.63) is 97.6 Å². The van der Waals surface area contributed by atoms with Crippen molar-refractivity contribution in [2.45, 2.75) is 131 Å². The first-order valence-electron chi connectivity index (χ1n) is 24.0. The number of fused-ring (bicyclic) bond motifs is 6. The molecule has 0 radical (unpaired) electrons. The minimum atomic E-state index is -1.31. The lowest BCUT2D eigenvalue weighted by Crippen LogP contribution is -2.60. The van der Waals surface area contributed by atoms with E-state index in [0.717, 1.165) is 56.3 Å². The van der Waals surface area contributed by atoms with E-state index in [2.05, 4.69) is 31.1 Å². The van der Waals surface area contributed by atoms with Gasteiger partial charge in [-0.1, -0.05) is 66.7 Å². The van der Waals surface area contributed by atoms with Crippen LogP contribution in [0.2, 0.25) is 10.0 Å². The van der Waals surface area contributed by atoms with Gasteiger partial charge in [-0.15, -0.1) is 0 Å². The van der Waals surface area contributed by atoms with Crippen LogP contribution in [-0.4, -0.2) is 97.8 Å². The van der Waals surface area contributed by atoms with Crippen LogP contribution >= 0.6 is 23.2 Å². The van der Waals surface area contributed by atoms with E-state index in [9.17, 15) is 28.8 Å². The second kappa shape index (κ2) is 16.8. The average Bonchev–Trinajstić information content (AvgIpc) is 4.11. The maximum absolute atomic E-state index is 16.4. The molecule has 14 nitrogen and oxygen atoms in total. The first-order chi connectivity index (χ1) is 32.3. The van der Waals surface area contributed by atoms with Gasteiger partial charge in [0.05, 0.1) is 22.1 Å². The smallest absolute Gasteiger partial charge is 0.329 e. The minimum absolute atomic E-state index is 0.0707. The van der Waals surface area contributed by atoms with Gasteiger partial charge in [-0.2, -0.15) is 0 Å². The highest BCUT2D eigenvalue weighted by molar-refractivity contribution is 6.31. The third-order valence-electron chi connectivity index (χ3n) is 16.7. The number of piperazine rings is 1. The van der Waals surface area contributed by atoms with Crippen molar-refractivity contribution in [2.24, 2.45) is 13.0 Å². The number of imidazole rings is 1. The van der Waals surface area contributed by atoms with Gasteiger partial charge in [0.2, 0.25) is 29.5 Å². The second-order valence-electron chi connectivity index (χ2n) is 20.2. The standard InChI is InChI=1S/C50H55Cl2FN8O6/c1-58-39-22-27(8-15-37(39)61(48(58)67)38-16-17-40(62)56-44(38)63)18-21-59-25-32-24-31(59)26-60(32)46(65)28-9-12-30(13-10-28)54-45(64)43-41(33-6-5-7-35(52)42(33)53)50(49(57-43)19-3-2-4-20-49)34-14-11-29(51)23-36(34)55-47(50)66/h5-8,11,14-15,22-23,28,30-32,38,41,43,57H,2-4,9-10,12-13,16-21,24-26H2,1H3,(H,54,64)(H,55,66)(H,56,62,63)/t28?,30?,31-,32-,38?,41-,43+,50+/m0/s1. The molecule has 67 heavy (non-hydrogen) atoms. The Morgan fingerprint density at radius 3 is 2.42 bits per heavy atom. The summed E-state index contributed by atoms with van der Waals surface area (Å²) in [6.45, 7) is 2.30. The lowest BCUT2D eigenvalue weighted by atomic mass is 9.55. The fraction of sp³-hybridized carbons (Fsp3) is 0.520. The number of aromatic nitrogens is 2. The number of halogens is 3. The van der Waals surface area contributed by atoms with Gasteiger partial charge in [0, 0.05) is 79.3 Å². The van der Waals surface area contributed by atoms with Crippen LogP contribution in [0.5, 0.6) is 0 Å². The molecule has 6 heterocycles. The summed E-state index contributed by atoms with van der Waals surface area (Å²) >= 11 is 12.9. The first kappa shape index (κ1) is 44.4. The molecule has 7 aliphatic rings. The van der Waals surface area contributed by atoms with Gasteiger partial charge in [-0.3, -0.25) is 48.6 Å². The largest absolute Gasteiger partial charge is 0.352 e. The summed E-state index contributed by atoms with van der Waals surface area (Å²) < 4.78 is 19.4. The molecule has 11 rings (SSSR count). The van der Waals surface area contributed by atoms with E-state index in [1.54, 1.807) is 35.9 Å². The monoisotopic (exact) mass is 952 g/mol. The molecule has 5 amide bonds. The van der Waals surface area contributed by atoms with E-state index >= 15 is 4.39 Å². The summed E-state index contributed by atoms with van der Waals surface area (Å²) in [5, 5.41) is 12.9. The molecule has 1 unspecified atom stereocenters. The number of imide groups is 1. The fourth-order valence-electron chi connectivity index (χ4n) is 13.6. The van der Waals surface area contributed by atoms with Crippen molar-refractivity contribution in [2.75, 3.05) is 25.0 Å². The highest BCUT2D eigenvalue weighted by Gasteiger charge is 2.72. The summed E-state index contributed by atoms with van der Waals surface area (Å²) in [5.74, 6) is -2.84. The van der Waals surface area contributed by atoms with E-state index in [-0.39, 0.29) is 76.8 Å². The van der Waals surface area contributed by atoms with Crippen LogP contribution in [0.15, 0.2) is 59.4 Å². The summed E-state index contributed by atoms with van der Waals surface area (Å²) in [7, 11) is 1.70. The van der Waals surface area contributed by atoms with E-state index in [1.165, 1.54) is 10.6 Å². The molecule has 5 aliphatic heterocycles. The lowest BCUT2D eigenvalue weighted by molar-refractivity contribution is -0.139. The third kappa shape index (κ3) is 7.07. The van der Waals surface area contributed by atoms with Crippen molar-refractivity contribution in [3.8, 4) is 0 Å². The van der Waals surface area contributed by atoms with Gasteiger partial charge < -0.3 is 15.5 Å². The molecule has 1 aromatic heterocycles. The Morgan fingerprint density at radius 2 is 1.67 bits per heavy atom. The molecular formula is C50H55Cl2FN8O6. The number of benzene rings is 3. The quantitative estimate of drug-likeness (QED) is 0.166. The Hall–Kier alpha value is -5.09. The third-order valence-corrected chi connectivity index (χ3v) is 17.3.